The molecule has 3 aromatic heterocycles. The molecule has 42 heavy (non-hydrogen) atoms. The molecule has 0 radical (unpaired) electrons. The minimum Gasteiger partial charge on any atom is -0.481 e. The Bertz CT molecular complexity index is 1650. The first-order valence-corrected chi connectivity index (χ1v) is 14.6. The fraction of sp³-hybridized carbons (Fsp3) is 0.440. The molecule has 222 valence electrons. The van der Waals surface area contributed by atoms with Crippen LogP contribution in [0, 0.1) is 12.3 Å². The zero-order valence-corrected chi connectivity index (χ0v) is 24.7. The summed E-state index contributed by atoms with van der Waals surface area (Å²) in [6, 6.07) is 0.920. The van der Waals surface area contributed by atoms with Crippen LogP contribution in [0.3, 0.4) is 0 Å². The summed E-state index contributed by atoms with van der Waals surface area (Å²) in [4.78, 5) is 65.5. The van der Waals surface area contributed by atoms with E-state index in [2.05, 4.69) is 20.4 Å². The van der Waals surface area contributed by atoms with Crippen LogP contribution in [-0.2, 0) is 37.6 Å². The molecule has 0 bridgehead atoms. The van der Waals surface area contributed by atoms with Gasteiger partial charge in [0.05, 0.1) is 5.52 Å². The average molecular weight is 618 g/mol. The third kappa shape index (κ3) is 5.13. The van der Waals surface area contributed by atoms with Crippen molar-refractivity contribution in [3.05, 3.63) is 35.4 Å². The van der Waals surface area contributed by atoms with Gasteiger partial charge in [-0.15, -0.1) is 23.1 Å². The molecule has 15 nitrogen and oxygen atoms in total. The molecule has 2 amide bonds. The normalized spacial score (nSPS) is 22.4. The molecular formula is C25H29N8O7S2+. The van der Waals surface area contributed by atoms with Crippen LogP contribution in [0.1, 0.15) is 25.4 Å². The van der Waals surface area contributed by atoms with Gasteiger partial charge in [-0.1, -0.05) is 5.16 Å². The van der Waals surface area contributed by atoms with Crippen LogP contribution >= 0.6 is 23.1 Å². The maximum atomic E-state index is 13.2. The minimum atomic E-state index is -1.74. The number of hydrogen-bond acceptors (Lipinski definition) is 11. The van der Waals surface area contributed by atoms with Crippen molar-refractivity contribution in [2.75, 3.05) is 18.0 Å². The van der Waals surface area contributed by atoms with E-state index in [1.165, 1.54) is 35.9 Å². The fourth-order valence-corrected chi connectivity index (χ4v) is 6.77. The molecule has 0 aliphatic carbocycles. The lowest BCUT2D eigenvalue weighted by Gasteiger charge is -2.53. The van der Waals surface area contributed by atoms with Gasteiger partial charge in [-0.3, -0.25) is 14.4 Å². The van der Waals surface area contributed by atoms with E-state index in [1.807, 2.05) is 24.6 Å². The van der Waals surface area contributed by atoms with Crippen LogP contribution in [0.5, 0.6) is 0 Å². The summed E-state index contributed by atoms with van der Waals surface area (Å²) >= 11 is 2.30. The molecule has 2 aliphatic heterocycles. The summed E-state index contributed by atoms with van der Waals surface area (Å²) in [5.41, 5.74) is 4.05. The standard InChI is InChI=1S/C25H28N8O7S2/c1-12-27-13-7-32(6-5-15(13)31(12)4)9-25(22(38)39)10-33-19(35)17(20(33)42-11-25)29-18(34)16(14-8-41-23(26)28-14)30-40-24(2,3)21(36)37/h5-8,17,20H,9-11H2,1-4H3,(H4-,26,28,29,34,36,37,38,39)/p+1/t17?,20-,25?/m1/s1. The lowest BCUT2D eigenvalue weighted by atomic mass is 9.86. The zero-order chi connectivity index (χ0) is 30.6. The highest BCUT2D eigenvalue weighted by atomic mass is 32.2. The average Bonchev–Trinajstić information content (AvgIpc) is 3.48. The monoisotopic (exact) mass is 617 g/mol. The molecule has 2 fully saturated rings. The van der Waals surface area contributed by atoms with Gasteiger partial charge in [-0.05, 0) is 20.8 Å². The molecule has 2 aliphatic rings. The van der Waals surface area contributed by atoms with E-state index in [1.54, 1.807) is 17.0 Å². The predicted octanol–water partition coefficient (Wildman–Crippen LogP) is -0.0371. The van der Waals surface area contributed by atoms with Gasteiger partial charge < -0.3 is 35.6 Å². The number of aryl methyl sites for hydroxylation is 2. The van der Waals surface area contributed by atoms with Crippen LogP contribution in [0.15, 0.2) is 29.0 Å². The first-order chi connectivity index (χ1) is 19.7. The number of aromatic nitrogens is 4. The zero-order valence-electron chi connectivity index (χ0n) is 23.1. The Morgan fingerprint density at radius 2 is 2.07 bits per heavy atom. The summed E-state index contributed by atoms with van der Waals surface area (Å²) in [7, 11) is 1.90. The molecule has 2 unspecified atom stereocenters. The number of hydrogen-bond donors (Lipinski definition) is 4. The van der Waals surface area contributed by atoms with Crippen molar-refractivity contribution < 1.29 is 38.8 Å². The van der Waals surface area contributed by atoms with Crippen LogP contribution in [-0.4, -0.2) is 88.4 Å². The number of nitrogens with one attached hydrogen (secondary N) is 1. The highest BCUT2D eigenvalue weighted by Gasteiger charge is 2.59. The van der Waals surface area contributed by atoms with Gasteiger partial charge in [-0.25, -0.2) is 19.3 Å². The fourth-order valence-electron chi connectivity index (χ4n) is 4.69. The summed E-state index contributed by atoms with van der Waals surface area (Å²) in [5, 5.41) is 27.1. The van der Waals surface area contributed by atoms with E-state index >= 15 is 0 Å². The van der Waals surface area contributed by atoms with Gasteiger partial charge in [0.15, 0.2) is 40.7 Å². The maximum Gasteiger partial charge on any atom is 0.350 e. The number of fused-ring (bicyclic) bond motifs is 2. The molecule has 3 aromatic rings. The number of oxime groups is 1. The maximum absolute atomic E-state index is 13.2. The molecule has 5 heterocycles. The number of thioether (sulfide) groups is 1. The van der Waals surface area contributed by atoms with Gasteiger partial charge in [0.25, 0.3) is 5.91 Å². The first-order valence-electron chi connectivity index (χ1n) is 12.7. The number of imidazole rings is 1. The topological polar surface area (TPSA) is 206 Å². The number of nitrogens with two attached hydrogens (primary N) is 1. The molecule has 0 spiro atoms. The van der Waals surface area contributed by atoms with Crippen molar-refractivity contribution in [2.45, 2.75) is 44.3 Å². The second-order valence-corrected chi connectivity index (χ2v) is 12.7. The van der Waals surface area contributed by atoms with E-state index in [0.717, 1.165) is 28.2 Å². The third-order valence-corrected chi connectivity index (χ3v) is 9.59. The summed E-state index contributed by atoms with van der Waals surface area (Å²) in [5.74, 6) is -2.58. The Kier molecular flexibility index (Phi) is 7.34. The number of thiazole rings is 1. The lowest BCUT2D eigenvalue weighted by molar-refractivity contribution is -0.705. The second kappa shape index (κ2) is 10.5. The van der Waals surface area contributed by atoms with Crippen molar-refractivity contribution >= 4 is 68.7 Å². The number of amides is 2. The van der Waals surface area contributed by atoms with Crippen LogP contribution in [0.25, 0.3) is 11.0 Å². The van der Waals surface area contributed by atoms with E-state index < -0.39 is 46.2 Å². The van der Waals surface area contributed by atoms with Gasteiger partial charge in [0.2, 0.25) is 11.5 Å². The molecule has 5 rings (SSSR count). The van der Waals surface area contributed by atoms with Crippen LogP contribution < -0.4 is 15.6 Å². The number of β-lactam (4-membered cyclic amide) rings is 1. The van der Waals surface area contributed by atoms with E-state index in [9.17, 15) is 29.4 Å². The number of carbonyl (C=O) groups is 4. The summed E-state index contributed by atoms with van der Waals surface area (Å²) < 4.78 is 3.72. The van der Waals surface area contributed by atoms with Crippen molar-refractivity contribution in [1.82, 2.24) is 24.8 Å². The van der Waals surface area contributed by atoms with E-state index in [0.29, 0.717) is 0 Å². The van der Waals surface area contributed by atoms with E-state index in [4.69, 9.17) is 10.6 Å². The van der Waals surface area contributed by atoms with E-state index in [-0.39, 0.29) is 35.4 Å². The van der Waals surface area contributed by atoms with Crippen molar-refractivity contribution in [3.63, 3.8) is 0 Å². The Balaban J connectivity index is 1.31. The Morgan fingerprint density at radius 1 is 1.33 bits per heavy atom. The highest BCUT2D eigenvalue weighted by Crippen LogP contribution is 2.42. The van der Waals surface area contributed by atoms with Gasteiger partial charge in [0.1, 0.15) is 22.9 Å². The Morgan fingerprint density at radius 3 is 2.71 bits per heavy atom. The number of carbonyl (C=O) groups excluding carboxylic acids is 2. The van der Waals surface area contributed by atoms with Crippen molar-refractivity contribution in [2.24, 2.45) is 17.6 Å². The number of anilines is 1. The predicted molar refractivity (Wildman–Crippen MR) is 151 cm³/mol. The first kappa shape index (κ1) is 29.2. The Labute approximate surface area is 247 Å². The van der Waals surface area contributed by atoms with Gasteiger partial charge >= 0.3 is 11.9 Å². The number of rotatable bonds is 9. The molecular weight excluding hydrogens is 588 g/mol. The number of carboxylic acids is 2. The smallest absolute Gasteiger partial charge is 0.350 e. The number of nitrogens with zero attached hydrogens (tertiary/aromatic N) is 6. The van der Waals surface area contributed by atoms with Crippen molar-refractivity contribution in [1.29, 1.82) is 0 Å². The summed E-state index contributed by atoms with van der Waals surface area (Å²) in [6.45, 7) is 4.48. The lowest BCUT2D eigenvalue weighted by Crippen LogP contribution is -2.75. The van der Waals surface area contributed by atoms with Crippen molar-refractivity contribution in [3.8, 4) is 0 Å². The minimum absolute atomic E-state index is 0.0447. The van der Waals surface area contributed by atoms with Gasteiger partial charge in [-0.2, -0.15) is 0 Å². The SMILES string of the molecule is Cc1nc2c[n+](CC3(C(=O)O)CS[C@@H]4C(NC(=O)C(=NOC(C)(C)C(=O)O)c5csc(N)n5)C(=O)N4C3)ccc2n1C. The van der Waals surface area contributed by atoms with Gasteiger partial charge in [0, 0.05) is 30.8 Å². The molecule has 0 saturated carbocycles. The molecule has 2 saturated heterocycles. The molecule has 0 aromatic carbocycles. The Hall–Kier alpha value is -4.25. The van der Waals surface area contributed by atoms with Crippen LogP contribution in [0.2, 0.25) is 0 Å². The number of nitrogen functional groups attached to an aromatic ring is 1. The molecule has 3 atom stereocenters. The van der Waals surface area contributed by atoms with Crippen LogP contribution in [0.4, 0.5) is 5.13 Å². The highest BCUT2D eigenvalue weighted by molar-refractivity contribution is 8.00. The molecule has 5 N–H and O–H groups in total. The number of carboxylic acid groups (broad SMARTS) is 2. The second-order valence-electron chi connectivity index (χ2n) is 10.7. The third-order valence-electron chi connectivity index (χ3n) is 7.33. The molecule has 17 heteroatoms. The largest absolute Gasteiger partial charge is 0.481 e. The quantitative estimate of drug-likeness (QED) is 0.108. The number of aliphatic carboxylic acids is 2. The summed E-state index contributed by atoms with van der Waals surface area (Å²) in [6.07, 6.45) is 3.59. The number of pyridine rings is 1.